The molecule has 7 nitrogen and oxygen atoms in total. The van der Waals surface area contributed by atoms with Crippen molar-refractivity contribution in [3.05, 3.63) is 18.3 Å². The molecule has 1 aromatic rings. The first-order valence-electron chi connectivity index (χ1n) is 8.44. The first-order valence-corrected chi connectivity index (χ1v) is 9.88. The van der Waals surface area contributed by atoms with Gasteiger partial charge in [0, 0.05) is 38.4 Å². The van der Waals surface area contributed by atoms with E-state index in [4.69, 9.17) is 4.74 Å². The Hall–Kier alpha value is -1.22. The summed E-state index contributed by atoms with van der Waals surface area (Å²) in [7, 11) is 0.724. The molecule has 134 valence electrons. The standard InChI is InChI=1S/C16H26N4O3S/c1-18(2)14-4-3-7-19(13-14)16-6-5-15(12-17-16)24(21,22)20-8-10-23-11-9-20/h5-6,12,14H,3-4,7-11,13H2,1-2H3. The second-order valence-corrected chi connectivity index (χ2v) is 8.51. The van der Waals surface area contributed by atoms with Crippen molar-refractivity contribution in [1.29, 1.82) is 0 Å². The molecule has 0 N–H and O–H groups in total. The lowest BCUT2D eigenvalue weighted by molar-refractivity contribution is 0.0730. The summed E-state index contributed by atoms with van der Waals surface area (Å²) >= 11 is 0. The molecule has 1 aromatic heterocycles. The lowest BCUT2D eigenvalue weighted by atomic mass is 10.1. The molecule has 2 fully saturated rings. The third kappa shape index (κ3) is 3.72. The molecular weight excluding hydrogens is 328 g/mol. The second-order valence-electron chi connectivity index (χ2n) is 6.57. The van der Waals surface area contributed by atoms with Crippen LogP contribution in [-0.2, 0) is 14.8 Å². The zero-order valence-corrected chi connectivity index (χ0v) is 15.2. The predicted octanol–water partition coefficient (Wildman–Crippen LogP) is 0.633. The predicted molar refractivity (Wildman–Crippen MR) is 92.7 cm³/mol. The van der Waals surface area contributed by atoms with E-state index in [9.17, 15) is 8.42 Å². The topological polar surface area (TPSA) is 66.0 Å². The summed E-state index contributed by atoms with van der Waals surface area (Å²) in [4.78, 5) is 9.16. The highest BCUT2D eigenvalue weighted by atomic mass is 32.2. The van der Waals surface area contributed by atoms with E-state index >= 15 is 0 Å². The Bertz CT molecular complexity index is 642. The number of pyridine rings is 1. The van der Waals surface area contributed by atoms with Gasteiger partial charge in [-0.05, 0) is 39.1 Å². The molecule has 3 rings (SSSR count). The summed E-state index contributed by atoms with van der Waals surface area (Å²) in [5.41, 5.74) is 0. The summed E-state index contributed by atoms with van der Waals surface area (Å²) < 4.78 is 31.9. The van der Waals surface area contributed by atoms with E-state index in [-0.39, 0.29) is 4.90 Å². The molecule has 8 heteroatoms. The van der Waals surface area contributed by atoms with Gasteiger partial charge < -0.3 is 14.5 Å². The minimum Gasteiger partial charge on any atom is -0.379 e. The van der Waals surface area contributed by atoms with Crippen molar-refractivity contribution < 1.29 is 13.2 Å². The minimum absolute atomic E-state index is 0.259. The average molecular weight is 354 g/mol. The van der Waals surface area contributed by atoms with Gasteiger partial charge in [-0.1, -0.05) is 0 Å². The van der Waals surface area contributed by atoms with E-state index < -0.39 is 10.0 Å². The smallest absolute Gasteiger partial charge is 0.244 e. The number of nitrogens with zero attached hydrogens (tertiary/aromatic N) is 4. The number of aromatic nitrogens is 1. The van der Waals surface area contributed by atoms with Gasteiger partial charge in [0.1, 0.15) is 10.7 Å². The van der Waals surface area contributed by atoms with Crippen LogP contribution in [0.2, 0.25) is 0 Å². The van der Waals surface area contributed by atoms with Gasteiger partial charge >= 0.3 is 0 Å². The summed E-state index contributed by atoms with van der Waals surface area (Å²) in [6, 6.07) is 4.01. The Kier molecular flexibility index (Phi) is 5.39. The molecule has 2 saturated heterocycles. The molecular formula is C16H26N4O3S. The zero-order chi connectivity index (χ0) is 17.2. The van der Waals surface area contributed by atoms with Gasteiger partial charge in [0.15, 0.2) is 0 Å². The molecule has 0 saturated carbocycles. The number of sulfonamides is 1. The van der Waals surface area contributed by atoms with Crippen molar-refractivity contribution in [2.75, 3.05) is 58.4 Å². The van der Waals surface area contributed by atoms with Gasteiger partial charge in [-0.25, -0.2) is 13.4 Å². The highest BCUT2D eigenvalue weighted by Gasteiger charge is 2.27. The lowest BCUT2D eigenvalue weighted by Gasteiger charge is -2.36. The molecule has 2 aliphatic rings. The molecule has 0 spiro atoms. The van der Waals surface area contributed by atoms with Crippen molar-refractivity contribution in [3.8, 4) is 0 Å². The number of ether oxygens (including phenoxy) is 1. The van der Waals surface area contributed by atoms with Crippen LogP contribution in [0.5, 0.6) is 0 Å². The van der Waals surface area contributed by atoms with E-state index in [1.54, 1.807) is 6.07 Å². The molecule has 24 heavy (non-hydrogen) atoms. The van der Waals surface area contributed by atoms with Crippen LogP contribution in [0.4, 0.5) is 5.82 Å². The highest BCUT2D eigenvalue weighted by molar-refractivity contribution is 7.89. The van der Waals surface area contributed by atoms with Crippen molar-refractivity contribution in [2.24, 2.45) is 0 Å². The SMILES string of the molecule is CN(C)C1CCCN(c2ccc(S(=O)(=O)N3CCOCC3)cn2)C1. The van der Waals surface area contributed by atoms with Crippen molar-refractivity contribution >= 4 is 15.8 Å². The van der Waals surface area contributed by atoms with E-state index in [2.05, 4.69) is 28.9 Å². The Morgan fingerprint density at radius 3 is 2.58 bits per heavy atom. The molecule has 1 atom stereocenters. The fourth-order valence-corrected chi connectivity index (χ4v) is 4.59. The number of piperidine rings is 1. The van der Waals surface area contributed by atoms with Gasteiger partial charge in [-0.15, -0.1) is 0 Å². The molecule has 0 aromatic carbocycles. The molecule has 0 bridgehead atoms. The largest absolute Gasteiger partial charge is 0.379 e. The lowest BCUT2D eigenvalue weighted by Crippen LogP contribution is -2.45. The van der Waals surface area contributed by atoms with Crippen molar-refractivity contribution in [2.45, 2.75) is 23.8 Å². The van der Waals surface area contributed by atoms with Gasteiger partial charge in [-0.2, -0.15) is 4.31 Å². The first kappa shape index (κ1) is 17.6. The van der Waals surface area contributed by atoms with Crippen LogP contribution in [0.1, 0.15) is 12.8 Å². The number of likely N-dealkylation sites (N-methyl/N-ethyl adjacent to an activating group) is 1. The van der Waals surface area contributed by atoms with Gasteiger partial charge in [-0.3, -0.25) is 0 Å². The van der Waals surface area contributed by atoms with E-state index in [1.807, 2.05) is 6.07 Å². The van der Waals surface area contributed by atoms with Crippen LogP contribution in [0.15, 0.2) is 23.2 Å². The van der Waals surface area contributed by atoms with Gasteiger partial charge in [0.25, 0.3) is 0 Å². The van der Waals surface area contributed by atoms with Crippen LogP contribution in [-0.4, -0.2) is 82.1 Å². The quantitative estimate of drug-likeness (QED) is 0.790. The number of anilines is 1. The summed E-state index contributed by atoms with van der Waals surface area (Å²) in [6.07, 6.45) is 3.80. The average Bonchev–Trinajstić information content (AvgIpc) is 2.62. The minimum atomic E-state index is -3.47. The number of morpholine rings is 1. The van der Waals surface area contributed by atoms with Crippen molar-refractivity contribution in [1.82, 2.24) is 14.2 Å². The number of hydrogen-bond donors (Lipinski definition) is 0. The van der Waals surface area contributed by atoms with E-state index in [0.717, 1.165) is 25.3 Å². The second kappa shape index (κ2) is 7.35. The summed E-state index contributed by atoms with van der Waals surface area (Å²) in [6.45, 7) is 3.60. The van der Waals surface area contributed by atoms with Crippen LogP contribution in [0.25, 0.3) is 0 Å². The fourth-order valence-electron chi connectivity index (χ4n) is 3.23. The number of hydrogen-bond acceptors (Lipinski definition) is 6. The molecule has 3 heterocycles. The highest BCUT2D eigenvalue weighted by Crippen LogP contribution is 2.22. The molecule has 2 aliphatic heterocycles. The Labute approximate surface area is 144 Å². The van der Waals surface area contributed by atoms with Crippen LogP contribution in [0.3, 0.4) is 0 Å². The van der Waals surface area contributed by atoms with E-state index in [0.29, 0.717) is 32.3 Å². The van der Waals surface area contributed by atoms with Crippen molar-refractivity contribution in [3.63, 3.8) is 0 Å². The van der Waals surface area contributed by atoms with Gasteiger partial charge in [0.2, 0.25) is 10.0 Å². The third-order valence-electron chi connectivity index (χ3n) is 4.78. The fraction of sp³-hybridized carbons (Fsp3) is 0.688. The zero-order valence-electron chi connectivity index (χ0n) is 14.4. The first-order chi connectivity index (χ1) is 11.5. The molecule has 1 unspecified atom stereocenters. The van der Waals surface area contributed by atoms with E-state index in [1.165, 1.54) is 16.9 Å². The maximum absolute atomic E-state index is 12.6. The maximum Gasteiger partial charge on any atom is 0.244 e. The monoisotopic (exact) mass is 354 g/mol. The summed E-state index contributed by atoms with van der Waals surface area (Å²) in [5.74, 6) is 0.850. The Morgan fingerprint density at radius 1 is 1.21 bits per heavy atom. The molecule has 0 aliphatic carbocycles. The third-order valence-corrected chi connectivity index (χ3v) is 6.66. The maximum atomic E-state index is 12.6. The molecule has 0 amide bonds. The van der Waals surface area contributed by atoms with Crippen LogP contribution >= 0.6 is 0 Å². The normalized spacial score (nSPS) is 23.6. The Morgan fingerprint density at radius 2 is 1.96 bits per heavy atom. The Balaban J connectivity index is 1.73. The van der Waals surface area contributed by atoms with Crippen LogP contribution in [0, 0.1) is 0 Å². The summed E-state index contributed by atoms with van der Waals surface area (Å²) in [5, 5.41) is 0. The van der Waals surface area contributed by atoms with Crippen LogP contribution < -0.4 is 4.90 Å². The van der Waals surface area contributed by atoms with Gasteiger partial charge in [0.05, 0.1) is 13.2 Å². The molecule has 0 radical (unpaired) electrons. The number of rotatable bonds is 4.